The highest BCUT2D eigenvalue weighted by atomic mass is 19.1. The molecule has 0 bridgehead atoms. The van der Waals surface area contributed by atoms with Gasteiger partial charge in [0.2, 0.25) is 5.91 Å². The summed E-state index contributed by atoms with van der Waals surface area (Å²) in [4.78, 5) is 27.1. The first-order chi connectivity index (χ1) is 13.6. The number of fused-ring (bicyclic) bond motifs is 1. The molecule has 0 radical (unpaired) electrons. The molecule has 4 nitrogen and oxygen atoms in total. The maximum atomic E-state index is 13.0. The van der Waals surface area contributed by atoms with E-state index in [-0.39, 0.29) is 23.5 Å². The van der Waals surface area contributed by atoms with Crippen molar-refractivity contribution in [1.82, 2.24) is 4.90 Å². The van der Waals surface area contributed by atoms with E-state index >= 15 is 0 Å². The largest absolute Gasteiger partial charge is 0.339 e. The number of likely N-dealkylation sites (tertiary alicyclic amines) is 1. The molecule has 2 amide bonds. The Balaban J connectivity index is 1.35. The number of amides is 2. The summed E-state index contributed by atoms with van der Waals surface area (Å²) in [6.45, 7) is 1.09. The fourth-order valence-electron chi connectivity index (χ4n) is 4.25. The smallest absolute Gasteiger partial charge is 0.253 e. The molecule has 2 aliphatic rings. The molecular formula is C23H25FN2O2. The highest BCUT2D eigenvalue weighted by Crippen LogP contribution is 2.29. The van der Waals surface area contributed by atoms with Crippen LogP contribution in [0.1, 0.15) is 47.2 Å². The van der Waals surface area contributed by atoms with E-state index in [1.807, 2.05) is 12.1 Å². The van der Waals surface area contributed by atoms with E-state index in [0.717, 1.165) is 18.5 Å². The number of piperidine rings is 1. The van der Waals surface area contributed by atoms with Crippen molar-refractivity contribution in [1.29, 1.82) is 0 Å². The molecule has 0 unspecified atom stereocenters. The van der Waals surface area contributed by atoms with E-state index in [1.165, 1.54) is 48.2 Å². The number of halogens is 1. The summed E-state index contributed by atoms with van der Waals surface area (Å²) in [5.41, 5.74) is 4.07. The number of hydrogen-bond donors (Lipinski definition) is 1. The van der Waals surface area contributed by atoms with Crippen LogP contribution in [0.3, 0.4) is 0 Å². The first-order valence-electron chi connectivity index (χ1n) is 10.1. The molecule has 2 aromatic carbocycles. The maximum absolute atomic E-state index is 13.0. The van der Waals surface area contributed by atoms with Crippen LogP contribution in [0.4, 0.5) is 10.1 Å². The summed E-state index contributed by atoms with van der Waals surface area (Å²) < 4.78 is 13.0. The second kappa shape index (κ2) is 8.13. The van der Waals surface area contributed by atoms with E-state index < -0.39 is 0 Å². The minimum Gasteiger partial charge on any atom is -0.339 e. The van der Waals surface area contributed by atoms with Gasteiger partial charge in [-0.05, 0) is 80.0 Å². The van der Waals surface area contributed by atoms with Crippen molar-refractivity contribution in [2.75, 3.05) is 18.4 Å². The zero-order chi connectivity index (χ0) is 19.5. The van der Waals surface area contributed by atoms with Crippen LogP contribution < -0.4 is 5.32 Å². The quantitative estimate of drug-likeness (QED) is 0.868. The normalized spacial score (nSPS) is 17.1. The molecule has 0 spiro atoms. The molecule has 4 rings (SSSR count). The van der Waals surface area contributed by atoms with E-state index in [9.17, 15) is 14.0 Å². The lowest BCUT2D eigenvalue weighted by Gasteiger charge is -2.31. The van der Waals surface area contributed by atoms with Crippen molar-refractivity contribution < 1.29 is 14.0 Å². The second-order valence-corrected chi connectivity index (χ2v) is 7.71. The third-order valence-electron chi connectivity index (χ3n) is 5.90. The van der Waals surface area contributed by atoms with E-state index in [1.54, 1.807) is 4.90 Å². The molecule has 0 aromatic heterocycles. The summed E-state index contributed by atoms with van der Waals surface area (Å²) in [5, 5.41) is 3.14. The summed E-state index contributed by atoms with van der Waals surface area (Å²) in [7, 11) is 0. The van der Waals surface area contributed by atoms with Gasteiger partial charge in [0.1, 0.15) is 5.82 Å². The number of rotatable bonds is 3. The van der Waals surface area contributed by atoms with Crippen LogP contribution in [0.25, 0.3) is 0 Å². The highest BCUT2D eigenvalue weighted by molar-refractivity contribution is 5.95. The van der Waals surface area contributed by atoms with E-state index in [0.29, 0.717) is 31.5 Å². The minimum atomic E-state index is -0.352. The van der Waals surface area contributed by atoms with E-state index in [4.69, 9.17) is 0 Å². The molecule has 28 heavy (non-hydrogen) atoms. The average Bonchev–Trinajstić information content (AvgIpc) is 2.74. The molecule has 146 valence electrons. The Hall–Kier alpha value is -2.69. The number of carbonyl (C=O) groups is 2. The Morgan fingerprint density at radius 1 is 0.964 bits per heavy atom. The fourth-order valence-corrected chi connectivity index (χ4v) is 4.25. The predicted molar refractivity (Wildman–Crippen MR) is 107 cm³/mol. The van der Waals surface area contributed by atoms with Gasteiger partial charge in [-0.25, -0.2) is 4.39 Å². The Labute approximate surface area is 164 Å². The molecule has 2 aromatic rings. The van der Waals surface area contributed by atoms with Gasteiger partial charge < -0.3 is 10.2 Å². The van der Waals surface area contributed by atoms with Crippen molar-refractivity contribution in [3.8, 4) is 0 Å². The summed E-state index contributed by atoms with van der Waals surface area (Å²) in [6.07, 6.45) is 5.79. The third kappa shape index (κ3) is 3.93. The molecule has 1 fully saturated rings. The number of benzene rings is 2. The zero-order valence-corrected chi connectivity index (χ0v) is 15.9. The second-order valence-electron chi connectivity index (χ2n) is 7.71. The number of nitrogens with zero attached hydrogens (tertiary/aromatic N) is 1. The fraction of sp³-hybridized carbons (Fsp3) is 0.391. The number of anilines is 1. The Morgan fingerprint density at radius 3 is 2.43 bits per heavy atom. The van der Waals surface area contributed by atoms with Gasteiger partial charge in [0.25, 0.3) is 5.91 Å². The molecule has 1 heterocycles. The lowest BCUT2D eigenvalue weighted by molar-refractivity contribution is -0.121. The highest BCUT2D eigenvalue weighted by Gasteiger charge is 2.28. The van der Waals surface area contributed by atoms with Crippen LogP contribution >= 0.6 is 0 Å². The monoisotopic (exact) mass is 380 g/mol. The Bertz CT molecular complexity index is 871. The predicted octanol–water partition coefficient (Wildman–Crippen LogP) is 4.20. The molecule has 1 aliphatic carbocycles. The van der Waals surface area contributed by atoms with Gasteiger partial charge in [0.15, 0.2) is 0 Å². The summed E-state index contributed by atoms with van der Waals surface area (Å²) in [6, 6.07) is 11.8. The van der Waals surface area contributed by atoms with Crippen LogP contribution in [0.5, 0.6) is 0 Å². The number of hydrogen-bond acceptors (Lipinski definition) is 2. The summed E-state index contributed by atoms with van der Waals surface area (Å²) in [5.74, 6) is -0.490. The van der Waals surface area contributed by atoms with Crippen molar-refractivity contribution in [2.24, 2.45) is 5.92 Å². The SMILES string of the molecule is O=C(Nc1cccc2c1CCCC2)C1CCN(C(=O)c2ccc(F)cc2)CC1. The summed E-state index contributed by atoms with van der Waals surface area (Å²) >= 11 is 0. The van der Waals surface area contributed by atoms with Crippen LogP contribution in [0.2, 0.25) is 0 Å². The average molecular weight is 380 g/mol. The first-order valence-corrected chi connectivity index (χ1v) is 10.1. The molecule has 0 atom stereocenters. The van der Waals surface area contributed by atoms with Gasteiger partial charge in [0, 0.05) is 30.3 Å². The number of aryl methyl sites for hydroxylation is 1. The van der Waals surface area contributed by atoms with Crippen LogP contribution in [-0.4, -0.2) is 29.8 Å². The number of carbonyl (C=O) groups excluding carboxylic acids is 2. The Morgan fingerprint density at radius 2 is 1.68 bits per heavy atom. The van der Waals surface area contributed by atoms with Gasteiger partial charge in [-0.2, -0.15) is 0 Å². The van der Waals surface area contributed by atoms with Gasteiger partial charge in [-0.1, -0.05) is 12.1 Å². The van der Waals surface area contributed by atoms with E-state index in [2.05, 4.69) is 11.4 Å². The molecule has 1 aliphatic heterocycles. The van der Waals surface area contributed by atoms with Crippen molar-refractivity contribution in [3.63, 3.8) is 0 Å². The zero-order valence-electron chi connectivity index (χ0n) is 15.9. The van der Waals surface area contributed by atoms with Crippen LogP contribution in [-0.2, 0) is 17.6 Å². The van der Waals surface area contributed by atoms with Gasteiger partial charge in [-0.15, -0.1) is 0 Å². The third-order valence-corrected chi connectivity index (χ3v) is 5.90. The van der Waals surface area contributed by atoms with Crippen molar-refractivity contribution >= 4 is 17.5 Å². The molecule has 5 heteroatoms. The lowest BCUT2D eigenvalue weighted by atomic mass is 9.90. The molecule has 1 saturated heterocycles. The van der Waals surface area contributed by atoms with Gasteiger partial charge in [0.05, 0.1) is 0 Å². The first kappa shape index (κ1) is 18.7. The minimum absolute atomic E-state index is 0.0489. The standard InChI is InChI=1S/C23H25FN2O2/c24-19-10-8-18(9-11-19)23(28)26-14-12-17(13-15-26)22(27)25-21-7-3-5-16-4-1-2-6-20(16)21/h3,5,7-11,17H,1-2,4,6,12-15H2,(H,25,27). The van der Waals surface area contributed by atoms with Crippen molar-refractivity contribution in [3.05, 3.63) is 65.0 Å². The van der Waals surface area contributed by atoms with Crippen LogP contribution in [0.15, 0.2) is 42.5 Å². The molecule has 0 saturated carbocycles. The van der Waals surface area contributed by atoms with Crippen molar-refractivity contribution in [2.45, 2.75) is 38.5 Å². The van der Waals surface area contributed by atoms with Gasteiger partial charge in [-0.3, -0.25) is 9.59 Å². The van der Waals surface area contributed by atoms with Gasteiger partial charge >= 0.3 is 0 Å². The van der Waals surface area contributed by atoms with Crippen LogP contribution in [0, 0.1) is 11.7 Å². The number of nitrogens with one attached hydrogen (secondary N) is 1. The lowest BCUT2D eigenvalue weighted by Crippen LogP contribution is -2.41. The topological polar surface area (TPSA) is 49.4 Å². The molecule has 1 N–H and O–H groups in total. The molecular weight excluding hydrogens is 355 g/mol. The Kier molecular flexibility index (Phi) is 5.42. The maximum Gasteiger partial charge on any atom is 0.253 e.